The van der Waals surface area contributed by atoms with E-state index in [-0.39, 0.29) is 12.1 Å². The topological polar surface area (TPSA) is 78.5 Å². The van der Waals surface area contributed by atoms with Crippen molar-refractivity contribution < 1.29 is 22.0 Å². The van der Waals surface area contributed by atoms with Crippen LogP contribution in [0, 0.1) is 11.6 Å². The van der Waals surface area contributed by atoms with Gasteiger partial charge in [0.2, 0.25) is 5.91 Å². The van der Waals surface area contributed by atoms with Crippen LogP contribution in [0.5, 0.6) is 0 Å². The number of thiophene rings is 1. The number of anilines is 1. The minimum absolute atomic E-state index is 0.185. The maximum absolute atomic E-state index is 13.7. The minimum atomic E-state index is -3.86. The van der Waals surface area contributed by atoms with Crippen LogP contribution < -0.4 is 10.0 Å². The molecule has 2 N–H and O–H groups in total. The van der Waals surface area contributed by atoms with Gasteiger partial charge in [0.05, 0.1) is 11.7 Å². The smallest absolute Gasteiger partial charge is 0.280 e. The van der Waals surface area contributed by atoms with Gasteiger partial charge in [0, 0.05) is 18.0 Å². The van der Waals surface area contributed by atoms with Crippen molar-refractivity contribution in [1.82, 2.24) is 9.03 Å². The van der Waals surface area contributed by atoms with Crippen molar-refractivity contribution in [2.75, 3.05) is 12.4 Å². The van der Waals surface area contributed by atoms with E-state index in [1.54, 1.807) is 12.1 Å². The number of rotatable bonds is 3. The Kier molecular flexibility index (Phi) is 4.87. The van der Waals surface area contributed by atoms with Crippen LogP contribution in [0.3, 0.4) is 0 Å². The summed E-state index contributed by atoms with van der Waals surface area (Å²) in [5.74, 6) is -2.38. The second-order valence-electron chi connectivity index (χ2n) is 5.57. The number of nitrogens with one attached hydrogen (secondary N) is 2. The molecule has 1 aliphatic rings. The molecule has 1 amide bonds. The third-order valence-electron chi connectivity index (χ3n) is 3.95. The van der Waals surface area contributed by atoms with E-state index in [1.165, 1.54) is 18.4 Å². The Morgan fingerprint density at radius 2 is 2.12 bits per heavy atom. The highest BCUT2D eigenvalue weighted by Crippen LogP contribution is 2.31. The Morgan fingerprint density at radius 1 is 1.36 bits per heavy atom. The summed E-state index contributed by atoms with van der Waals surface area (Å²) in [5.41, 5.74) is -0.205. The van der Waals surface area contributed by atoms with Gasteiger partial charge < -0.3 is 5.32 Å². The van der Waals surface area contributed by atoms with Crippen LogP contribution in [0.2, 0.25) is 0 Å². The number of amides is 1. The Balaban J connectivity index is 1.84. The molecule has 0 radical (unpaired) electrons. The van der Waals surface area contributed by atoms with Crippen LogP contribution in [0.25, 0.3) is 0 Å². The van der Waals surface area contributed by atoms with E-state index in [0.717, 1.165) is 21.3 Å². The number of hydrogen-bond donors (Lipinski definition) is 2. The summed E-state index contributed by atoms with van der Waals surface area (Å²) in [6.07, 6.45) is 0.185. The molecular weight excluding hydrogens is 372 g/mol. The highest BCUT2D eigenvalue weighted by atomic mass is 32.2. The number of likely N-dealkylation sites (N-methyl/N-ethyl adjacent to an activating group) is 1. The third kappa shape index (κ3) is 3.71. The second kappa shape index (κ2) is 6.79. The largest absolute Gasteiger partial charge is 0.322 e. The van der Waals surface area contributed by atoms with E-state index in [2.05, 4.69) is 10.0 Å². The minimum Gasteiger partial charge on any atom is -0.322 e. The van der Waals surface area contributed by atoms with Gasteiger partial charge in [-0.15, -0.1) is 11.3 Å². The van der Waals surface area contributed by atoms with Crippen LogP contribution in [0.15, 0.2) is 35.7 Å². The normalized spacial score (nSPS) is 23.3. The molecular formula is C15H15F2N3O3S2. The van der Waals surface area contributed by atoms with Gasteiger partial charge in [0.15, 0.2) is 0 Å². The Hall–Kier alpha value is -1.88. The molecule has 0 aliphatic carbocycles. The fraction of sp³-hybridized carbons (Fsp3) is 0.267. The van der Waals surface area contributed by atoms with Crippen molar-refractivity contribution in [2.24, 2.45) is 0 Å². The van der Waals surface area contributed by atoms with E-state index < -0.39 is 39.8 Å². The van der Waals surface area contributed by atoms with Crippen molar-refractivity contribution in [3.05, 3.63) is 52.2 Å². The average molecular weight is 387 g/mol. The van der Waals surface area contributed by atoms with Gasteiger partial charge in [-0.1, -0.05) is 6.07 Å². The van der Waals surface area contributed by atoms with Crippen LogP contribution in [-0.4, -0.2) is 31.7 Å². The maximum atomic E-state index is 13.7. The Bertz CT molecular complexity index is 887. The standard InChI is InChI=1S/C15H15F2N3O3S2/c1-20-13(15(21)18-11-5-4-9(16)7-10(11)17)8-12(19-25(20,22)23)14-3-2-6-24-14/h2-7,12-13,19H,8H2,1H3,(H,18,21)/t12-,13+/m1/s1. The van der Waals surface area contributed by atoms with E-state index in [1.807, 2.05) is 5.38 Å². The molecule has 1 aromatic heterocycles. The van der Waals surface area contributed by atoms with Gasteiger partial charge in [-0.05, 0) is 30.0 Å². The zero-order valence-electron chi connectivity index (χ0n) is 13.1. The summed E-state index contributed by atoms with van der Waals surface area (Å²) in [6.45, 7) is 0. The predicted molar refractivity (Wildman–Crippen MR) is 90.3 cm³/mol. The van der Waals surface area contributed by atoms with Gasteiger partial charge >= 0.3 is 0 Å². The van der Waals surface area contributed by atoms with Crippen molar-refractivity contribution in [3.8, 4) is 0 Å². The predicted octanol–water partition coefficient (Wildman–Crippen LogP) is 2.24. The number of carbonyl (C=O) groups excluding carboxylic acids is 1. The molecule has 3 rings (SSSR count). The van der Waals surface area contributed by atoms with Crippen molar-refractivity contribution >= 4 is 33.1 Å². The molecule has 6 nitrogen and oxygen atoms in total. The molecule has 25 heavy (non-hydrogen) atoms. The molecule has 0 unspecified atom stereocenters. The second-order valence-corrected chi connectivity index (χ2v) is 8.31. The van der Waals surface area contributed by atoms with Crippen LogP contribution in [-0.2, 0) is 15.0 Å². The SMILES string of the molecule is CN1[C@H](C(=O)Nc2ccc(F)cc2F)C[C@H](c2cccs2)NS1(=O)=O. The van der Waals surface area contributed by atoms with E-state index in [9.17, 15) is 22.0 Å². The van der Waals surface area contributed by atoms with Crippen LogP contribution in [0.1, 0.15) is 17.3 Å². The Labute approximate surface area is 147 Å². The van der Waals surface area contributed by atoms with E-state index >= 15 is 0 Å². The summed E-state index contributed by atoms with van der Waals surface area (Å²) in [7, 11) is -2.59. The zero-order chi connectivity index (χ0) is 18.2. The van der Waals surface area contributed by atoms with Gasteiger partial charge in [0.1, 0.15) is 17.7 Å². The molecule has 1 saturated heterocycles. The highest BCUT2D eigenvalue weighted by Gasteiger charge is 2.41. The zero-order valence-corrected chi connectivity index (χ0v) is 14.7. The molecule has 1 aliphatic heterocycles. The quantitative estimate of drug-likeness (QED) is 0.848. The molecule has 0 saturated carbocycles. The summed E-state index contributed by atoms with van der Waals surface area (Å²) < 4.78 is 54.7. The summed E-state index contributed by atoms with van der Waals surface area (Å²) in [5, 5.41) is 4.14. The monoisotopic (exact) mass is 387 g/mol. The number of hydrogen-bond acceptors (Lipinski definition) is 4. The number of carbonyl (C=O) groups is 1. The summed E-state index contributed by atoms with van der Waals surface area (Å²) in [6, 6.07) is 4.74. The molecule has 2 atom stereocenters. The molecule has 1 aromatic carbocycles. The lowest BCUT2D eigenvalue weighted by Gasteiger charge is -2.35. The molecule has 0 bridgehead atoms. The Morgan fingerprint density at radius 3 is 2.76 bits per heavy atom. The summed E-state index contributed by atoms with van der Waals surface area (Å²) in [4.78, 5) is 13.3. The van der Waals surface area contributed by atoms with E-state index in [0.29, 0.717) is 6.07 Å². The van der Waals surface area contributed by atoms with Crippen molar-refractivity contribution in [2.45, 2.75) is 18.5 Å². The van der Waals surface area contributed by atoms with Gasteiger partial charge in [0.25, 0.3) is 10.2 Å². The molecule has 10 heteroatoms. The van der Waals surface area contributed by atoms with Crippen LogP contribution in [0.4, 0.5) is 14.5 Å². The average Bonchev–Trinajstić information content (AvgIpc) is 3.07. The molecule has 1 fully saturated rings. The number of halogens is 2. The maximum Gasteiger partial charge on any atom is 0.280 e. The van der Waals surface area contributed by atoms with Gasteiger partial charge in [-0.25, -0.2) is 8.78 Å². The lowest BCUT2D eigenvalue weighted by molar-refractivity contribution is -0.120. The van der Waals surface area contributed by atoms with Crippen molar-refractivity contribution in [1.29, 1.82) is 0 Å². The molecule has 2 heterocycles. The first kappa shape index (κ1) is 17.9. The van der Waals surface area contributed by atoms with Gasteiger partial charge in [-0.2, -0.15) is 17.4 Å². The van der Waals surface area contributed by atoms with E-state index in [4.69, 9.17) is 0 Å². The fourth-order valence-corrected chi connectivity index (χ4v) is 4.72. The number of nitrogens with zero attached hydrogens (tertiary/aromatic N) is 1. The molecule has 2 aromatic rings. The third-order valence-corrected chi connectivity index (χ3v) is 6.53. The van der Waals surface area contributed by atoms with Crippen LogP contribution >= 0.6 is 11.3 Å². The fourth-order valence-electron chi connectivity index (χ4n) is 2.59. The van der Waals surface area contributed by atoms with Crippen molar-refractivity contribution in [3.63, 3.8) is 0 Å². The first-order valence-electron chi connectivity index (χ1n) is 7.32. The first-order chi connectivity index (χ1) is 11.8. The summed E-state index contributed by atoms with van der Waals surface area (Å²) >= 11 is 1.37. The lowest BCUT2D eigenvalue weighted by Crippen LogP contribution is -2.55. The number of benzene rings is 1. The highest BCUT2D eigenvalue weighted by molar-refractivity contribution is 7.87. The lowest BCUT2D eigenvalue weighted by atomic mass is 10.1. The first-order valence-corrected chi connectivity index (χ1v) is 9.64. The molecule has 0 spiro atoms. The van der Waals surface area contributed by atoms with Gasteiger partial charge in [-0.3, -0.25) is 4.79 Å². The molecule has 134 valence electrons.